The first kappa shape index (κ1) is 11.6. The minimum Gasteiger partial charge on any atom is -0.382 e. The number of fused-ring (bicyclic) bond motifs is 1. The molecule has 1 aliphatic rings. The smallest absolute Gasteiger partial charge is 0.116 e. The van der Waals surface area contributed by atoms with Gasteiger partial charge in [-0.3, -0.25) is 4.98 Å². The van der Waals surface area contributed by atoms with Crippen LogP contribution in [0.1, 0.15) is 18.4 Å². The zero-order chi connectivity index (χ0) is 12.6. The number of rotatable bonds is 4. The maximum atomic E-state index is 10.8. The van der Waals surface area contributed by atoms with Gasteiger partial charge in [0, 0.05) is 18.7 Å². The van der Waals surface area contributed by atoms with Crippen LogP contribution in [0.3, 0.4) is 0 Å². The molecule has 1 aliphatic carbocycles. The number of ether oxygens (including phenoxy) is 1. The zero-order valence-corrected chi connectivity index (χ0v) is 10.5. The van der Waals surface area contributed by atoms with Crippen LogP contribution >= 0.6 is 0 Å². The van der Waals surface area contributed by atoms with Crippen molar-refractivity contribution >= 4 is 10.9 Å². The molecule has 3 nitrogen and oxygen atoms in total. The minimum absolute atomic E-state index is 0.326. The van der Waals surface area contributed by atoms with Gasteiger partial charge in [-0.2, -0.15) is 0 Å². The number of hydrogen-bond acceptors (Lipinski definition) is 3. The van der Waals surface area contributed by atoms with Gasteiger partial charge < -0.3 is 9.84 Å². The Bertz CT molecular complexity index is 565. The summed E-state index contributed by atoms with van der Waals surface area (Å²) < 4.78 is 5.21. The highest BCUT2D eigenvalue weighted by atomic mass is 16.5. The standard InChI is InChI=1S/C15H17NO2/c1-18-10-15(17,12-4-5-12)13-6-7-14-11(9-13)3-2-8-16-14/h2-3,6-9,12,17H,4-5,10H2,1H3. The second kappa shape index (κ2) is 4.34. The summed E-state index contributed by atoms with van der Waals surface area (Å²) in [5, 5.41) is 11.9. The molecule has 3 heteroatoms. The molecule has 0 bridgehead atoms. The van der Waals surface area contributed by atoms with Crippen molar-refractivity contribution in [3.8, 4) is 0 Å². The quantitative estimate of drug-likeness (QED) is 0.897. The third-order valence-electron chi connectivity index (χ3n) is 3.72. The molecule has 1 atom stereocenters. The van der Waals surface area contributed by atoms with E-state index in [9.17, 15) is 5.11 Å². The maximum Gasteiger partial charge on any atom is 0.116 e. The minimum atomic E-state index is -0.848. The van der Waals surface area contributed by atoms with Crippen molar-refractivity contribution in [3.05, 3.63) is 42.1 Å². The Hall–Kier alpha value is -1.45. The maximum absolute atomic E-state index is 10.8. The molecule has 0 spiro atoms. The molecule has 3 rings (SSSR count). The van der Waals surface area contributed by atoms with Gasteiger partial charge in [-0.15, -0.1) is 0 Å². The molecule has 2 aromatic rings. The van der Waals surface area contributed by atoms with Gasteiger partial charge in [-0.05, 0) is 42.5 Å². The molecule has 0 saturated heterocycles. The number of pyridine rings is 1. The SMILES string of the molecule is COCC(O)(c1ccc2ncccc2c1)C1CC1. The molecule has 0 aliphatic heterocycles. The van der Waals surface area contributed by atoms with E-state index in [1.54, 1.807) is 13.3 Å². The number of aromatic nitrogens is 1. The molecule has 1 saturated carbocycles. The predicted octanol–water partition coefficient (Wildman–Crippen LogP) is 2.48. The van der Waals surface area contributed by atoms with Gasteiger partial charge in [0.25, 0.3) is 0 Å². The lowest BCUT2D eigenvalue weighted by Crippen LogP contribution is -2.33. The van der Waals surface area contributed by atoms with Crippen LogP contribution in [-0.2, 0) is 10.3 Å². The fraction of sp³-hybridized carbons (Fsp3) is 0.400. The van der Waals surface area contributed by atoms with E-state index in [0.717, 1.165) is 29.3 Å². The van der Waals surface area contributed by atoms with Crippen LogP contribution in [0.15, 0.2) is 36.5 Å². The molecule has 1 aromatic heterocycles. The molecular formula is C15H17NO2. The van der Waals surface area contributed by atoms with E-state index < -0.39 is 5.60 Å². The van der Waals surface area contributed by atoms with Crippen LogP contribution in [0.2, 0.25) is 0 Å². The van der Waals surface area contributed by atoms with Crippen molar-refractivity contribution < 1.29 is 9.84 Å². The lowest BCUT2D eigenvalue weighted by atomic mass is 9.88. The van der Waals surface area contributed by atoms with E-state index in [-0.39, 0.29) is 0 Å². The normalized spacial score (nSPS) is 18.8. The number of nitrogens with zero attached hydrogens (tertiary/aromatic N) is 1. The van der Waals surface area contributed by atoms with Crippen LogP contribution in [0.4, 0.5) is 0 Å². The first-order valence-electron chi connectivity index (χ1n) is 6.30. The van der Waals surface area contributed by atoms with E-state index >= 15 is 0 Å². The monoisotopic (exact) mass is 243 g/mol. The summed E-state index contributed by atoms with van der Waals surface area (Å²) in [6, 6.07) is 9.89. The molecule has 94 valence electrons. The van der Waals surface area contributed by atoms with Gasteiger partial charge in [-0.25, -0.2) is 0 Å². The van der Waals surface area contributed by atoms with Gasteiger partial charge in [-0.1, -0.05) is 12.1 Å². The average Bonchev–Trinajstić information content (AvgIpc) is 3.23. The first-order valence-corrected chi connectivity index (χ1v) is 6.30. The Kier molecular flexibility index (Phi) is 2.80. The van der Waals surface area contributed by atoms with Crippen LogP contribution in [-0.4, -0.2) is 23.8 Å². The van der Waals surface area contributed by atoms with E-state index in [4.69, 9.17) is 4.74 Å². The number of aliphatic hydroxyl groups is 1. The van der Waals surface area contributed by atoms with Crippen LogP contribution in [0.25, 0.3) is 10.9 Å². The molecule has 1 unspecified atom stereocenters. The number of hydrogen-bond donors (Lipinski definition) is 1. The van der Waals surface area contributed by atoms with Crippen molar-refractivity contribution in [1.82, 2.24) is 4.98 Å². The first-order chi connectivity index (χ1) is 8.74. The Labute approximate surface area is 106 Å². The summed E-state index contributed by atoms with van der Waals surface area (Å²) in [4.78, 5) is 4.30. The summed E-state index contributed by atoms with van der Waals surface area (Å²) in [7, 11) is 1.63. The van der Waals surface area contributed by atoms with E-state index in [1.165, 1.54) is 0 Å². The Morgan fingerprint density at radius 3 is 2.94 bits per heavy atom. The number of benzene rings is 1. The summed E-state index contributed by atoms with van der Waals surface area (Å²) in [5.41, 5.74) is 1.04. The fourth-order valence-electron chi connectivity index (χ4n) is 2.56. The van der Waals surface area contributed by atoms with Crippen molar-refractivity contribution in [2.45, 2.75) is 18.4 Å². The van der Waals surface area contributed by atoms with E-state index in [0.29, 0.717) is 12.5 Å². The van der Waals surface area contributed by atoms with Crippen molar-refractivity contribution in [3.63, 3.8) is 0 Å². The van der Waals surface area contributed by atoms with Gasteiger partial charge in [0.15, 0.2) is 0 Å². The van der Waals surface area contributed by atoms with E-state index in [1.807, 2.05) is 30.3 Å². The molecule has 1 aromatic carbocycles. The van der Waals surface area contributed by atoms with Crippen LogP contribution in [0.5, 0.6) is 0 Å². The summed E-state index contributed by atoms with van der Waals surface area (Å²) in [5.74, 6) is 0.326. The highest BCUT2D eigenvalue weighted by molar-refractivity contribution is 5.79. The van der Waals surface area contributed by atoms with Gasteiger partial charge in [0.05, 0.1) is 12.1 Å². The Morgan fingerprint density at radius 2 is 2.22 bits per heavy atom. The largest absolute Gasteiger partial charge is 0.382 e. The summed E-state index contributed by atoms with van der Waals surface area (Å²) >= 11 is 0. The van der Waals surface area contributed by atoms with Gasteiger partial charge >= 0.3 is 0 Å². The third-order valence-corrected chi connectivity index (χ3v) is 3.72. The third kappa shape index (κ3) is 1.89. The molecule has 18 heavy (non-hydrogen) atoms. The van der Waals surface area contributed by atoms with Gasteiger partial charge in [0.1, 0.15) is 5.60 Å². The molecular weight excluding hydrogens is 226 g/mol. The fourth-order valence-corrected chi connectivity index (χ4v) is 2.56. The average molecular weight is 243 g/mol. The second-order valence-corrected chi connectivity index (χ2v) is 5.04. The lowest BCUT2D eigenvalue weighted by molar-refractivity contribution is -0.0531. The summed E-state index contributed by atoms with van der Waals surface area (Å²) in [6.45, 7) is 0.351. The molecule has 0 amide bonds. The number of methoxy groups -OCH3 is 1. The van der Waals surface area contributed by atoms with Crippen molar-refractivity contribution in [2.24, 2.45) is 5.92 Å². The molecule has 1 fully saturated rings. The highest BCUT2D eigenvalue weighted by Gasteiger charge is 2.45. The predicted molar refractivity (Wildman–Crippen MR) is 70.2 cm³/mol. The topological polar surface area (TPSA) is 42.4 Å². The second-order valence-electron chi connectivity index (χ2n) is 5.04. The Morgan fingerprint density at radius 1 is 1.39 bits per heavy atom. The highest BCUT2D eigenvalue weighted by Crippen LogP contribution is 2.46. The van der Waals surface area contributed by atoms with Gasteiger partial charge in [0.2, 0.25) is 0 Å². The Balaban J connectivity index is 2.06. The van der Waals surface area contributed by atoms with E-state index in [2.05, 4.69) is 4.98 Å². The molecule has 1 N–H and O–H groups in total. The molecule has 0 radical (unpaired) electrons. The lowest BCUT2D eigenvalue weighted by Gasteiger charge is -2.28. The molecule has 1 heterocycles. The zero-order valence-electron chi connectivity index (χ0n) is 10.5. The van der Waals surface area contributed by atoms with Crippen LogP contribution < -0.4 is 0 Å². The van der Waals surface area contributed by atoms with Crippen molar-refractivity contribution in [2.75, 3.05) is 13.7 Å². The van der Waals surface area contributed by atoms with Crippen LogP contribution in [0, 0.1) is 5.92 Å². The summed E-state index contributed by atoms with van der Waals surface area (Å²) in [6.07, 6.45) is 3.93. The van der Waals surface area contributed by atoms with Crippen molar-refractivity contribution in [1.29, 1.82) is 0 Å².